The lowest BCUT2D eigenvalue weighted by Crippen LogP contribution is -2.64. The molecule has 0 aliphatic rings. The van der Waals surface area contributed by atoms with E-state index in [9.17, 15) is 44.7 Å². The van der Waals surface area contributed by atoms with E-state index < -0.39 is 47.8 Å². The Balaban J connectivity index is 5.43. The minimum Gasteiger partial charge on any atom is -0.447 e. The summed E-state index contributed by atoms with van der Waals surface area (Å²) in [5.41, 5.74) is -4.11. The van der Waals surface area contributed by atoms with Crippen LogP contribution in [-0.2, 0) is 9.47 Å². The van der Waals surface area contributed by atoms with Crippen molar-refractivity contribution in [2.24, 2.45) is 0 Å². The van der Waals surface area contributed by atoms with E-state index >= 15 is 0 Å². The Bertz CT molecular complexity index is 402. The number of hydrogen-bond acceptors (Lipinski definition) is 4. The summed E-state index contributed by atoms with van der Waals surface area (Å²) in [5, 5.41) is 0. The van der Waals surface area contributed by atoms with Gasteiger partial charge >= 0.3 is 34.5 Å². The van der Waals surface area contributed by atoms with Gasteiger partial charge in [0.2, 0.25) is 0 Å². The summed E-state index contributed by atoms with van der Waals surface area (Å²) in [6.45, 7) is -5.38. The number of carbonyl (C=O) groups excluding carboxylic acids is 2. The van der Waals surface area contributed by atoms with Gasteiger partial charge in [0, 0.05) is 23.2 Å². The molecule has 0 fully saturated rings. The van der Waals surface area contributed by atoms with Crippen molar-refractivity contribution in [1.29, 1.82) is 0 Å². The number of hydrogen-bond donors (Lipinski definition) is 0. The Kier molecular flexibility index (Phi) is 6.29. The Morgan fingerprint density at radius 1 is 0.682 bits per heavy atom. The monoisotopic (exact) mass is 386 g/mol. The van der Waals surface area contributed by atoms with Crippen molar-refractivity contribution >= 4 is 34.1 Å². The zero-order valence-electron chi connectivity index (χ0n) is 9.83. The standard InChI is InChI=1S/C8H4Cl2F8O4/c9-3(19)21-1-5(11,12)7(15,16)8(17,18)6(13,14)2-22-4(10)20/h1-2H2. The molecule has 0 aliphatic heterocycles. The minimum absolute atomic E-state index is 2.05. The predicted molar refractivity (Wildman–Crippen MR) is 54.2 cm³/mol. The summed E-state index contributed by atoms with van der Waals surface area (Å²) in [4.78, 5) is 20.0. The van der Waals surface area contributed by atoms with Crippen LogP contribution in [0.4, 0.5) is 44.7 Å². The molecule has 0 amide bonds. The van der Waals surface area contributed by atoms with E-state index in [-0.39, 0.29) is 0 Å². The summed E-state index contributed by atoms with van der Waals surface area (Å²) in [6.07, 6.45) is 0. The molecule has 0 radical (unpaired) electrons. The fraction of sp³-hybridized carbons (Fsp3) is 0.750. The lowest BCUT2D eigenvalue weighted by atomic mass is 9.99. The zero-order chi connectivity index (χ0) is 18.0. The first-order valence-electron chi connectivity index (χ1n) is 4.74. The van der Waals surface area contributed by atoms with Crippen molar-refractivity contribution in [1.82, 2.24) is 0 Å². The molecule has 0 heterocycles. The quantitative estimate of drug-likeness (QED) is 0.484. The van der Waals surface area contributed by atoms with E-state index in [0.717, 1.165) is 0 Å². The lowest BCUT2D eigenvalue weighted by molar-refractivity contribution is -0.373. The van der Waals surface area contributed by atoms with Crippen LogP contribution < -0.4 is 0 Å². The fourth-order valence-corrected chi connectivity index (χ4v) is 1.04. The number of carbonyl (C=O) groups is 2. The first-order chi connectivity index (χ1) is 9.58. The van der Waals surface area contributed by atoms with Crippen molar-refractivity contribution < 1.29 is 54.2 Å². The number of alkyl halides is 8. The predicted octanol–water partition coefficient (Wildman–Crippen LogP) is 4.28. The van der Waals surface area contributed by atoms with Gasteiger partial charge < -0.3 is 9.47 Å². The molecule has 0 bridgehead atoms. The van der Waals surface area contributed by atoms with Gasteiger partial charge in [0.05, 0.1) is 0 Å². The molecule has 0 atom stereocenters. The Labute approximate surface area is 126 Å². The van der Waals surface area contributed by atoms with Gasteiger partial charge in [-0.1, -0.05) is 0 Å². The Morgan fingerprint density at radius 2 is 0.909 bits per heavy atom. The molecule has 0 rings (SSSR count). The van der Waals surface area contributed by atoms with E-state index in [1.807, 2.05) is 0 Å². The van der Waals surface area contributed by atoms with Crippen LogP contribution in [-0.4, -0.2) is 47.8 Å². The molecule has 0 aromatic heterocycles. The van der Waals surface area contributed by atoms with Crippen LogP contribution >= 0.6 is 23.2 Å². The first-order valence-corrected chi connectivity index (χ1v) is 5.50. The molecule has 22 heavy (non-hydrogen) atoms. The Hall–Kier alpha value is -1.04. The highest BCUT2D eigenvalue weighted by Crippen LogP contribution is 2.52. The summed E-state index contributed by atoms with van der Waals surface area (Å²) in [7, 11) is 0. The van der Waals surface area contributed by atoms with E-state index in [1.54, 1.807) is 0 Å². The minimum atomic E-state index is -6.69. The molecule has 130 valence electrons. The van der Waals surface area contributed by atoms with Gasteiger partial charge in [-0.25, -0.2) is 9.59 Å². The molecule has 0 saturated carbocycles. The van der Waals surface area contributed by atoms with E-state index in [1.165, 1.54) is 0 Å². The molecule has 0 saturated heterocycles. The van der Waals surface area contributed by atoms with Crippen molar-refractivity contribution in [2.45, 2.75) is 23.7 Å². The summed E-state index contributed by atoms with van der Waals surface area (Å²) < 4.78 is 110. The normalized spacial score (nSPS) is 13.7. The van der Waals surface area contributed by atoms with Crippen LogP contribution in [0.1, 0.15) is 0 Å². The van der Waals surface area contributed by atoms with E-state index in [0.29, 0.717) is 0 Å². The van der Waals surface area contributed by atoms with Gasteiger partial charge in [-0.3, -0.25) is 0 Å². The molecule has 0 aliphatic carbocycles. The van der Waals surface area contributed by atoms with Gasteiger partial charge in [0.25, 0.3) is 0 Å². The third-order valence-corrected chi connectivity index (χ3v) is 2.27. The molecule has 0 spiro atoms. The molecule has 14 heteroatoms. The molecule has 0 unspecified atom stereocenters. The lowest BCUT2D eigenvalue weighted by Gasteiger charge is -2.35. The first kappa shape index (κ1) is 21.0. The third-order valence-electron chi connectivity index (χ3n) is 2.05. The van der Waals surface area contributed by atoms with Crippen molar-refractivity contribution in [3.63, 3.8) is 0 Å². The number of rotatable bonds is 7. The van der Waals surface area contributed by atoms with Crippen LogP contribution in [0.3, 0.4) is 0 Å². The van der Waals surface area contributed by atoms with Crippen molar-refractivity contribution in [2.75, 3.05) is 13.2 Å². The van der Waals surface area contributed by atoms with Crippen LogP contribution in [0.25, 0.3) is 0 Å². The average molecular weight is 387 g/mol. The second-order valence-electron chi connectivity index (χ2n) is 3.61. The van der Waals surface area contributed by atoms with Gasteiger partial charge in [-0.15, -0.1) is 0 Å². The highest BCUT2D eigenvalue weighted by Gasteiger charge is 2.81. The van der Waals surface area contributed by atoms with Gasteiger partial charge in [-0.05, 0) is 0 Å². The summed E-state index contributed by atoms with van der Waals surface area (Å²) >= 11 is 8.75. The summed E-state index contributed by atoms with van der Waals surface area (Å²) in [5.74, 6) is -25.2. The second-order valence-corrected chi connectivity index (χ2v) is 4.23. The molecular weight excluding hydrogens is 383 g/mol. The summed E-state index contributed by atoms with van der Waals surface area (Å²) in [6, 6.07) is 0. The van der Waals surface area contributed by atoms with E-state index in [2.05, 4.69) is 32.7 Å². The average Bonchev–Trinajstić information content (AvgIpc) is 2.33. The molecule has 0 aromatic rings. The van der Waals surface area contributed by atoms with Gasteiger partial charge in [0.15, 0.2) is 13.2 Å². The zero-order valence-corrected chi connectivity index (χ0v) is 11.3. The maximum atomic E-state index is 13.1. The third kappa shape index (κ3) is 4.24. The SMILES string of the molecule is O=C(Cl)OCC(F)(F)C(F)(F)C(F)(F)C(F)(F)COC(=O)Cl. The topological polar surface area (TPSA) is 52.6 Å². The van der Waals surface area contributed by atoms with Gasteiger partial charge in [0.1, 0.15) is 0 Å². The van der Waals surface area contributed by atoms with E-state index in [4.69, 9.17) is 0 Å². The largest absolute Gasteiger partial charge is 0.447 e. The molecule has 4 nitrogen and oxygen atoms in total. The maximum absolute atomic E-state index is 13.1. The van der Waals surface area contributed by atoms with Crippen molar-refractivity contribution in [3.8, 4) is 0 Å². The van der Waals surface area contributed by atoms with Crippen LogP contribution in [0.5, 0.6) is 0 Å². The van der Waals surface area contributed by atoms with Crippen LogP contribution in [0.15, 0.2) is 0 Å². The highest BCUT2D eigenvalue weighted by molar-refractivity contribution is 6.61. The van der Waals surface area contributed by atoms with Crippen LogP contribution in [0.2, 0.25) is 0 Å². The fourth-order valence-electron chi connectivity index (χ4n) is 0.935. The number of halogens is 10. The Morgan fingerprint density at radius 3 is 1.09 bits per heavy atom. The van der Waals surface area contributed by atoms with Crippen LogP contribution in [0, 0.1) is 0 Å². The molecule has 0 N–H and O–H groups in total. The molecule has 0 aromatic carbocycles. The second kappa shape index (κ2) is 6.60. The van der Waals surface area contributed by atoms with Crippen molar-refractivity contribution in [3.05, 3.63) is 0 Å². The van der Waals surface area contributed by atoms with Gasteiger partial charge in [-0.2, -0.15) is 35.1 Å². The number of ether oxygens (including phenoxy) is 2. The smallest absolute Gasteiger partial charge is 0.403 e. The molecular formula is C8H4Cl2F8O4. The highest BCUT2D eigenvalue weighted by atomic mass is 35.5. The maximum Gasteiger partial charge on any atom is 0.403 e.